The van der Waals surface area contributed by atoms with Crippen LogP contribution < -0.4 is 9.64 Å². The van der Waals surface area contributed by atoms with Crippen molar-refractivity contribution in [2.75, 3.05) is 4.90 Å². The number of anilines is 1. The molecular formula is C39H35Cl2FN2O6. The highest BCUT2D eigenvalue weighted by molar-refractivity contribution is 6.58. The van der Waals surface area contributed by atoms with Crippen molar-refractivity contribution in [2.45, 2.75) is 73.3 Å². The molecule has 4 fully saturated rings. The highest BCUT2D eigenvalue weighted by atomic mass is 35.5. The molecule has 6 unspecified atom stereocenters. The molecule has 50 heavy (non-hydrogen) atoms. The first-order valence-corrected chi connectivity index (χ1v) is 17.9. The van der Waals surface area contributed by atoms with E-state index in [1.807, 2.05) is 36.4 Å². The van der Waals surface area contributed by atoms with E-state index in [1.54, 1.807) is 12.1 Å². The third-order valence-corrected chi connectivity index (χ3v) is 12.8. The minimum absolute atomic E-state index is 0.0916. The third-order valence-electron chi connectivity index (χ3n) is 11.4. The van der Waals surface area contributed by atoms with E-state index in [1.165, 1.54) is 23.1 Å². The van der Waals surface area contributed by atoms with Crippen molar-refractivity contribution in [3.8, 4) is 11.5 Å². The summed E-state index contributed by atoms with van der Waals surface area (Å²) in [4.78, 5) is 55.4. The van der Waals surface area contributed by atoms with Crippen LogP contribution in [0, 0.1) is 23.6 Å². The van der Waals surface area contributed by atoms with E-state index in [4.69, 9.17) is 27.9 Å². The molecule has 0 radical (unpaired) electrons. The Morgan fingerprint density at radius 3 is 2.28 bits per heavy atom. The summed E-state index contributed by atoms with van der Waals surface area (Å²) in [6.07, 6.45) is 6.35. The zero-order chi connectivity index (χ0) is 34.9. The number of carbonyl (C=O) groups is 4. The molecule has 0 spiro atoms. The van der Waals surface area contributed by atoms with Gasteiger partial charge in [0.2, 0.25) is 11.8 Å². The van der Waals surface area contributed by atoms with Crippen molar-refractivity contribution >= 4 is 52.5 Å². The number of amides is 4. The summed E-state index contributed by atoms with van der Waals surface area (Å²) >= 11 is 14.9. The highest BCUT2D eigenvalue weighted by Crippen LogP contribution is 2.66. The van der Waals surface area contributed by atoms with E-state index in [9.17, 15) is 28.7 Å². The molecule has 3 aromatic carbocycles. The van der Waals surface area contributed by atoms with Gasteiger partial charge in [0.25, 0.3) is 11.8 Å². The van der Waals surface area contributed by atoms with Crippen molar-refractivity contribution in [3.63, 3.8) is 0 Å². The first-order valence-electron chi connectivity index (χ1n) is 17.1. The van der Waals surface area contributed by atoms with Crippen molar-refractivity contribution < 1.29 is 33.4 Å². The second-order valence-corrected chi connectivity index (χ2v) is 15.3. The molecule has 6 atom stereocenters. The summed E-state index contributed by atoms with van der Waals surface area (Å²) in [5.74, 6) is -5.86. The molecule has 2 saturated carbocycles. The van der Waals surface area contributed by atoms with Gasteiger partial charge in [-0.25, -0.2) is 9.29 Å². The van der Waals surface area contributed by atoms with Gasteiger partial charge in [-0.1, -0.05) is 67.3 Å². The number of hydrogen-bond donors (Lipinski definition) is 1. The number of halogens is 3. The number of aromatic hydroxyl groups is 1. The summed E-state index contributed by atoms with van der Waals surface area (Å²) in [5, 5.41) is 11.6. The van der Waals surface area contributed by atoms with Crippen LogP contribution in [0.4, 0.5) is 10.1 Å². The molecule has 0 bridgehead atoms. The van der Waals surface area contributed by atoms with Gasteiger partial charge in [0, 0.05) is 23.6 Å². The molecule has 8 nitrogen and oxygen atoms in total. The predicted octanol–water partition coefficient (Wildman–Crippen LogP) is 7.01. The number of allylic oxidation sites excluding steroid dienone is 2. The van der Waals surface area contributed by atoms with Gasteiger partial charge in [0.05, 0.1) is 17.5 Å². The Morgan fingerprint density at radius 2 is 1.58 bits per heavy atom. The Morgan fingerprint density at radius 1 is 0.860 bits per heavy atom. The van der Waals surface area contributed by atoms with Crippen molar-refractivity contribution in [1.82, 2.24) is 4.90 Å². The number of likely N-dealkylation sites (tertiary alicyclic amines) is 1. The van der Waals surface area contributed by atoms with Crippen LogP contribution in [0.2, 0.25) is 0 Å². The van der Waals surface area contributed by atoms with Gasteiger partial charge < -0.3 is 9.84 Å². The van der Waals surface area contributed by atoms with Crippen LogP contribution in [0.3, 0.4) is 0 Å². The minimum Gasteiger partial charge on any atom is -0.508 e. The van der Waals surface area contributed by atoms with E-state index < -0.39 is 51.1 Å². The number of rotatable bonds is 6. The standard InChI is InChI=1S/C39H35Cl2FN2O6/c40-38-20-30-27(17-18-29-32(30)35(47)43(34(29)46)24-9-5-2-6-10-24)33(28-16-15-26(19-31(28)45)50-21-22-7-3-1-4-8-22)39(38,41)37(49)44(36(38)48)25-13-11-23(42)12-14-25/h1,3-4,7-8,11-17,19,24,29-30,32-33,45H,2,5-6,9-10,18,20-21H2. The Labute approximate surface area is 298 Å². The maximum Gasteiger partial charge on any atom is 0.258 e. The second kappa shape index (κ2) is 12.2. The Balaban J connectivity index is 1.23. The number of alkyl halides is 2. The Bertz CT molecular complexity index is 1930. The van der Waals surface area contributed by atoms with Gasteiger partial charge in [-0.05, 0) is 67.5 Å². The Hall–Kier alpha value is -4.21. The molecule has 1 N–H and O–H groups in total. The van der Waals surface area contributed by atoms with Crippen molar-refractivity contribution in [3.05, 3.63) is 101 Å². The lowest BCUT2D eigenvalue weighted by Gasteiger charge is -2.50. The first-order chi connectivity index (χ1) is 24.0. The maximum absolute atomic E-state index is 14.6. The van der Waals surface area contributed by atoms with Gasteiger partial charge in [-0.15, -0.1) is 23.2 Å². The zero-order valence-electron chi connectivity index (χ0n) is 27.1. The third kappa shape index (κ3) is 4.83. The number of imide groups is 2. The summed E-state index contributed by atoms with van der Waals surface area (Å²) in [6, 6.07) is 18.9. The van der Waals surface area contributed by atoms with Crippen LogP contribution in [0.5, 0.6) is 11.5 Å². The summed E-state index contributed by atoms with van der Waals surface area (Å²) in [5.41, 5.74) is 1.83. The molecule has 258 valence electrons. The van der Waals surface area contributed by atoms with E-state index >= 15 is 0 Å². The maximum atomic E-state index is 14.6. The molecule has 8 rings (SSSR count). The van der Waals surface area contributed by atoms with E-state index in [-0.39, 0.29) is 54.3 Å². The molecule has 2 heterocycles. The van der Waals surface area contributed by atoms with E-state index in [2.05, 4.69) is 0 Å². The van der Waals surface area contributed by atoms with Gasteiger partial charge in [0.15, 0.2) is 9.75 Å². The van der Waals surface area contributed by atoms with Crippen LogP contribution >= 0.6 is 23.2 Å². The number of carbonyl (C=O) groups excluding carboxylic acids is 4. The topological polar surface area (TPSA) is 104 Å². The molecule has 2 aliphatic heterocycles. The fraction of sp³-hybridized carbons (Fsp3) is 0.385. The van der Waals surface area contributed by atoms with E-state index in [0.717, 1.165) is 54.7 Å². The second-order valence-electron chi connectivity index (χ2n) is 14.1. The molecule has 0 aromatic heterocycles. The first kappa shape index (κ1) is 33.0. The van der Waals surface area contributed by atoms with Crippen molar-refractivity contribution in [2.24, 2.45) is 17.8 Å². The lowest BCUT2D eigenvalue weighted by atomic mass is 9.56. The number of fused-ring (bicyclic) bond motifs is 4. The van der Waals surface area contributed by atoms with Crippen LogP contribution in [0.1, 0.15) is 62.0 Å². The normalized spacial score (nSPS) is 31.0. The minimum atomic E-state index is -2.15. The fourth-order valence-corrected chi connectivity index (χ4v) is 9.99. The quantitative estimate of drug-likeness (QED) is 0.167. The number of phenolic OH excluding ortho intramolecular Hbond substituents is 1. The summed E-state index contributed by atoms with van der Waals surface area (Å²) in [6.45, 7) is 0.247. The van der Waals surface area contributed by atoms with Gasteiger partial charge >= 0.3 is 0 Å². The van der Waals surface area contributed by atoms with Gasteiger partial charge in [-0.2, -0.15) is 0 Å². The fourth-order valence-electron chi connectivity index (χ4n) is 9.07. The number of hydrogen-bond acceptors (Lipinski definition) is 6. The number of ether oxygens (including phenoxy) is 1. The zero-order valence-corrected chi connectivity index (χ0v) is 28.6. The number of phenols is 1. The van der Waals surface area contributed by atoms with Gasteiger partial charge in [-0.3, -0.25) is 24.1 Å². The summed E-state index contributed by atoms with van der Waals surface area (Å²) in [7, 11) is 0. The average molecular weight is 718 g/mol. The Kier molecular flexibility index (Phi) is 8.07. The van der Waals surface area contributed by atoms with E-state index in [0.29, 0.717) is 11.3 Å². The predicted molar refractivity (Wildman–Crippen MR) is 184 cm³/mol. The van der Waals surface area contributed by atoms with Crippen LogP contribution in [-0.4, -0.2) is 49.4 Å². The molecule has 4 amide bonds. The number of benzene rings is 3. The largest absolute Gasteiger partial charge is 0.508 e. The molecule has 11 heteroatoms. The average Bonchev–Trinajstić information content (AvgIpc) is 3.46. The molecule has 2 saturated heterocycles. The molecule has 5 aliphatic rings. The summed E-state index contributed by atoms with van der Waals surface area (Å²) < 4.78 is 19.9. The lowest BCUT2D eigenvalue weighted by Crippen LogP contribution is -2.60. The molecule has 3 aromatic rings. The highest BCUT2D eigenvalue weighted by Gasteiger charge is 2.77. The van der Waals surface area contributed by atoms with Gasteiger partial charge in [0.1, 0.15) is 23.9 Å². The SMILES string of the molecule is O=C1C2CC=C3C(CC4(Cl)C(=O)N(c5ccc(F)cc5)C(=O)C4(Cl)C3c3ccc(OCc4ccccc4)cc3O)C2C(=O)N1C1CCCCC1. The lowest BCUT2D eigenvalue weighted by molar-refractivity contribution is -0.143. The van der Waals surface area contributed by atoms with Crippen LogP contribution in [0.25, 0.3) is 0 Å². The van der Waals surface area contributed by atoms with Crippen molar-refractivity contribution in [1.29, 1.82) is 0 Å². The monoisotopic (exact) mass is 716 g/mol. The van der Waals surface area contributed by atoms with Crippen LogP contribution in [0.15, 0.2) is 84.4 Å². The number of nitrogens with zero attached hydrogens (tertiary/aromatic N) is 2. The molecule has 3 aliphatic carbocycles. The molecular weight excluding hydrogens is 682 g/mol. The smallest absolute Gasteiger partial charge is 0.258 e. The van der Waals surface area contributed by atoms with Crippen LogP contribution in [-0.2, 0) is 25.8 Å².